The highest BCUT2D eigenvalue weighted by molar-refractivity contribution is 5.94. The summed E-state index contributed by atoms with van der Waals surface area (Å²) >= 11 is 0. The summed E-state index contributed by atoms with van der Waals surface area (Å²) in [7, 11) is 0. The molecular formula is C15H21N3O3. The highest BCUT2D eigenvalue weighted by atomic mass is 16.5. The number of esters is 1. The number of likely N-dealkylation sites (tertiary alicyclic amines) is 1. The molecule has 0 aliphatic carbocycles. The van der Waals surface area contributed by atoms with E-state index < -0.39 is 5.97 Å². The number of aromatic nitrogens is 1. The van der Waals surface area contributed by atoms with Gasteiger partial charge in [-0.25, -0.2) is 9.78 Å². The largest absolute Gasteiger partial charge is 0.462 e. The van der Waals surface area contributed by atoms with Crippen LogP contribution in [0.25, 0.3) is 0 Å². The Balaban J connectivity index is 1.88. The third-order valence-electron chi connectivity index (χ3n) is 3.39. The fourth-order valence-electron chi connectivity index (χ4n) is 2.33. The van der Waals surface area contributed by atoms with Gasteiger partial charge in [-0.1, -0.05) is 0 Å². The summed E-state index contributed by atoms with van der Waals surface area (Å²) in [5.41, 5.74) is 0.396. The number of anilines is 1. The Morgan fingerprint density at radius 2 is 2.14 bits per heavy atom. The fraction of sp³-hybridized carbons (Fsp3) is 0.533. The first-order chi connectivity index (χ1) is 10.2. The monoisotopic (exact) mass is 291 g/mol. The lowest BCUT2D eigenvalue weighted by Crippen LogP contribution is -2.29. The van der Waals surface area contributed by atoms with Crippen LogP contribution in [0.3, 0.4) is 0 Å². The van der Waals surface area contributed by atoms with E-state index >= 15 is 0 Å². The van der Waals surface area contributed by atoms with Crippen LogP contribution in [0.5, 0.6) is 0 Å². The molecule has 1 amide bonds. The van der Waals surface area contributed by atoms with E-state index in [9.17, 15) is 9.59 Å². The number of nitrogens with one attached hydrogen (secondary N) is 1. The Kier molecular flexibility index (Phi) is 5.54. The minimum atomic E-state index is -0.404. The first-order valence-corrected chi connectivity index (χ1v) is 7.36. The van der Waals surface area contributed by atoms with Gasteiger partial charge in [-0.2, -0.15) is 0 Å². The molecule has 0 atom stereocenters. The van der Waals surface area contributed by atoms with Gasteiger partial charge in [0.25, 0.3) is 0 Å². The third-order valence-corrected chi connectivity index (χ3v) is 3.39. The van der Waals surface area contributed by atoms with Crippen LogP contribution in [0.4, 0.5) is 5.82 Å². The van der Waals surface area contributed by atoms with E-state index in [1.54, 1.807) is 25.3 Å². The molecule has 1 saturated heterocycles. The minimum Gasteiger partial charge on any atom is -0.462 e. The lowest BCUT2D eigenvalue weighted by atomic mass is 10.2. The van der Waals surface area contributed by atoms with Gasteiger partial charge in [-0.15, -0.1) is 0 Å². The lowest BCUT2D eigenvalue weighted by Gasteiger charge is -2.15. The van der Waals surface area contributed by atoms with Gasteiger partial charge in [0.15, 0.2) is 0 Å². The Labute approximate surface area is 124 Å². The first kappa shape index (κ1) is 15.3. The summed E-state index contributed by atoms with van der Waals surface area (Å²) in [6.45, 7) is 4.25. The Bertz CT molecular complexity index is 499. The molecule has 1 aliphatic rings. The van der Waals surface area contributed by atoms with Crippen molar-refractivity contribution in [2.75, 3.05) is 31.6 Å². The number of amides is 1. The van der Waals surface area contributed by atoms with Crippen LogP contribution >= 0.6 is 0 Å². The van der Waals surface area contributed by atoms with Crippen molar-refractivity contribution in [2.24, 2.45) is 0 Å². The maximum Gasteiger partial charge on any atom is 0.341 e. The van der Waals surface area contributed by atoms with E-state index in [1.807, 2.05) is 4.90 Å². The topological polar surface area (TPSA) is 71.5 Å². The highest BCUT2D eigenvalue weighted by Crippen LogP contribution is 2.13. The van der Waals surface area contributed by atoms with E-state index in [0.717, 1.165) is 25.9 Å². The van der Waals surface area contributed by atoms with Crippen molar-refractivity contribution in [3.05, 3.63) is 23.9 Å². The average Bonchev–Trinajstić information content (AvgIpc) is 3.02. The zero-order valence-electron chi connectivity index (χ0n) is 12.3. The van der Waals surface area contributed by atoms with Gasteiger partial charge in [0.2, 0.25) is 5.91 Å². The average molecular weight is 291 g/mol. The van der Waals surface area contributed by atoms with Gasteiger partial charge < -0.3 is 15.0 Å². The Hall–Kier alpha value is -2.11. The predicted octanol–water partition coefficient (Wildman–Crippen LogP) is 1.68. The molecule has 6 heteroatoms. The van der Waals surface area contributed by atoms with E-state index in [4.69, 9.17) is 4.74 Å². The minimum absolute atomic E-state index is 0.147. The number of pyridine rings is 1. The highest BCUT2D eigenvalue weighted by Gasteiger charge is 2.18. The number of carbonyl (C=O) groups is 2. The fourth-order valence-corrected chi connectivity index (χ4v) is 2.33. The number of hydrogen-bond acceptors (Lipinski definition) is 5. The van der Waals surface area contributed by atoms with Crippen LogP contribution in [-0.4, -0.2) is 48.0 Å². The molecule has 0 unspecified atom stereocenters. The smallest absolute Gasteiger partial charge is 0.341 e. The van der Waals surface area contributed by atoms with E-state index in [-0.39, 0.29) is 5.91 Å². The summed E-state index contributed by atoms with van der Waals surface area (Å²) in [6.07, 6.45) is 4.19. The van der Waals surface area contributed by atoms with Crippen molar-refractivity contribution in [2.45, 2.75) is 26.2 Å². The molecule has 1 fully saturated rings. The molecular weight excluding hydrogens is 270 g/mol. The maximum atomic E-state index is 11.9. The predicted molar refractivity (Wildman–Crippen MR) is 79.1 cm³/mol. The van der Waals surface area contributed by atoms with Gasteiger partial charge in [-0.05, 0) is 31.9 Å². The van der Waals surface area contributed by atoms with Gasteiger partial charge >= 0.3 is 5.97 Å². The number of hydrogen-bond donors (Lipinski definition) is 1. The second-order valence-corrected chi connectivity index (χ2v) is 4.88. The quantitative estimate of drug-likeness (QED) is 0.807. The zero-order chi connectivity index (χ0) is 15.1. The van der Waals surface area contributed by atoms with Crippen molar-refractivity contribution >= 4 is 17.7 Å². The first-order valence-electron chi connectivity index (χ1n) is 7.36. The summed E-state index contributed by atoms with van der Waals surface area (Å²) in [5, 5.41) is 3.05. The summed E-state index contributed by atoms with van der Waals surface area (Å²) < 4.78 is 4.98. The van der Waals surface area contributed by atoms with Crippen LogP contribution in [0.2, 0.25) is 0 Å². The van der Waals surface area contributed by atoms with Gasteiger partial charge in [-0.3, -0.25) is 4.79 Å². The van der Waals surface area contributed by atoms with Crippen LogP contribution in [0.1, 0.15) is 36.5 Å². The van der Waals surface area contributed by atoms with Crippen molar-refractivity contribution < 1.29 is 14.3 Å². The van der Waals surface area contributed by atoms with Crippen molar-refractivity contribution in [1.29, 1.82) is 0 Å². The molecule has 0 bridgehead atoms. The van der Waals surface area contributed by atoms with Gasteiger partial charge in [0.05, 0.1) is 6.61 Å². The molecule has 6 nitrogen and oxygen atoms in total. The third kappa shape index (κ3) is 4.18. The van der Waals surface area contributed by atoms with Crippen LogP contribution in [0, 0.1) is 0 Å². The molecule has 21 heavy (non-hydrogen) atoms. The molecule has 1 aliphatic heterocycles. The Morgan fingerprint density at radius 3 is 2.86 bits per heavy atom. The van der Waals surface area contributed by atoms with Crippen molar-refractivity contribution in [3.8, 4) is 0 Å². The lowest BCUT2D eigenvalue weighted by molar-refractivity contribution is -0.129. The number of rotatable bonds is 6. The van der Waals surface area contributed by atoms with Crippen molar-refractivity contribution in [1.82, 2.24) is 9.88 Å². The SMILES string of the molecule is CCOC(=O)c1cccnc1NCCC(=O)N1CCCC1. The van der Waals surface area contributed by atoms with Crippen LogP contribution in [0.15, 0.2) is 18.3 Å². The summed E-state index contributed by atoms with van der Waals surface area (Å²) in [5.74, 6) is 0.206. The molecule has 1 aromatic rings. The van der Waals surface area contributed by atoms with Gasteiger partial charge in [0, 0.05) is 32.3 Å². The molecule has 114 valence electrons. The van der Waals surface area contributed by atoms with E-state index in [1.165, 1.54) is 0 Å². The summed E-state index contributed by atoms with van der Waals surface area (Å²) in [4.78, 5) is 29.7. The molecule has 1 aromatic heterocycles. The maximum absolute atomic E-state index is 11.9. The number of nitrogens with zero attached hydrogens (tertiary/aromatic N) is 2. The second kappa shape index (κ2) is 7.61. The number of ether oxygens (including phenoxy) is 1. The van der Waals surface area contributed by atoms with Crippen molar-refractivity contribution in [3.63, 3.8) is 0 Å². The molecule has 0 radical (unpaired) electrons. The van der Waals surface area contributed by atoms with E-state index in [0.29, 0.717) is 31.0 Å². The zero-order valence-corrected chi connectivity index (χ0v) is 12.3. The molecule has 1 N–H and O–H groups in total. The number of carbonyl (C=O) groups excluding carboxylic acids is 2. The van der Waals surface area contributed by atoms with Crippen LogP contribution in [-0.2, 0) is 9.53 Å². The standard InChI is InChI=1S/C15H21N3O3/c1-2-21-15(20)12-6-5-8-16-14(12)17-9-7-13(19)18-10-3-4-11-18/h5-6,8H,2-4,7,9-11H2,1H3,(H,16,17). The Morgan fingerprint density at radius 1 is 1.38 bits per heavy atom. The summed E-state index contributed by atoms with van der Waals surface area (Å²) in [6, 6.07) is 3.35. The molecule has 2 heterocycles. The normalized spacial score (nSPS) is 14.0. The molecule has 0 spiro atoms. The van der Waals surface area contributed by atoms with Gasteiger partial charge in [0.1, 0.15) is 11.4 Å². The van der Waals surface area contributed by atoms with E-state index in [2.05, 4.69) is 10.3 Å². The molecule has 2 rings (SSSR count). The molecule has 0 saturated carbocycles. The van der Waals surface area contributed by atoms with Crippen LogP contribution < -0.4 is 5.32 Å². The molecule has 0 aromatic carbocycles. The second-order valence-electron chi connectivity index (χ2n) is 4.88.